The molecule has 4 rings (SSSR count). The van der Waals surface area contributed by atoms with Gasteiger partial charge < -0.3 is 15.4 Å². The summed E-state index contributed by atoms with van der Waals surface area (Å²) in [5.74, 6) is 0.643. The summed E-state index contributed by atoms with van der Waals surface area (Å²) >= 11 is 12.4. The zero-order valence-corrected chi connectivity index (χ0v) is 18.2. The predicted molar refractivity (Wildman–Crippen MR) is 123 cm³/mol. The van der Waals surface area contributed by atoms with Crippen molar-refractivity contribution in [1.29, 1.82) is 0 Å². The molecule has 1 aliphatic rings. The van der Waals surface area contributed by atoms with E-state index in [-0.39, 0.29) is 12.0 Å². The minimum absolute atomic E-state index is 0.0928. The van der Waals surface area contributed by atoms with Gasteiger partial charge in [0.1, 0.15) is 11.3 Å². The van der Waals surface area contributed by atoms with Crippen LogP contribution in [0.4, 0.5) is 11.4 Å². The van der Waals surface area contributed by atoms with Crippen LogP contribution < -0.4 is 15.4 Å². The molecule has 0 bridgehead atoms. The summed E-state index contributed by atoms with van der Waals surface area (Å²) in [5.41, 5.74) is 2.32. The lowest BCUT2D eigenvalue weighted by molar-refractivity contribution is -0.119. The molecule has 1 atom stereocenters. The van der Waals surface area contributed by atoms with Gasteiger partial charge in [-0.05, 0) is 67.9 Å². The van der Waals surface area contributed by atoms with Gasteiger partial charge in [-0.3, -0.25) is 4.79 Å². The highest BCUT2D eigenvalue weighted by Gasteiger charge is 2.47. The molecule has 1 heterocycles. The van der Waals surface area contributed by atoms with Crippen LogP contribution in [0.25, 0.3) is 0 Å². The van der Waals surface area contributed by atoms with Crippen molar-refractivity contribution in [2.45, 2.75) is 31.9 Å². The number of nitrogens with one attached hydrogen (secondary N) is 2. The topological polar surface area (TPSA) is 50.4 Å². The third kappa shape index (κ3) is 4.11. The first kappa shape index (κ1) is 20.6. The number of carbonyl (C=O) groups is 1. The van der Waals surface area contributed by atoms with Gasteiger partial charge in [0, 0.05) is 33.4 Å². The SMILES string of the molecule is CC(C)Oc1ccc(NC2(Cc3cccc(Cl)c3)C(=O)Nc3cc(Cl)ccc32)cc1. The van der Waals surface area contributed by atoms with Crippen molar-refractivity contribution in [2.24, 2.45) is 0 Å². The normalized spacial score (nSPS) is 17.6. The van der Waals surface area contributed by atoms with Gasteiger partial charge in [0.05, 0.1) is 6.10 Å². The fourth-order valence-corrected chi connectivity index (χ4v) is 4.16. The average Bonchev–Trinajstić information content (AvgIpc) is 2.93. The van der Waals surface area contributed by atoms with E-state index in [2.05, 4.69) is 10.6 Å². The standard InChI is InChI=1S/C24H22Cl2N2O2/c1-15(2)30-20-9-7-19(8-10-20)28-24(14-16-4-3-5-17(25)12-16)21-11-6-18(26)13-22(21)27-23(24)29/h3-13,15,28H,14H2,1-2H3,(H,27,29). The van der Waals surface area contributed by atoms with Gasteiger partial charge >= 0.3 is 0 Å². The van der Waals surface area contributed by atoms with Gasteiger partial charge in [0.25, 0.3) is 5.91 Å². The molecule has 30 heavy (non-hydrogen) atoms. The maximum atomic E-state index is 13.3. The van der Waals surface area contributed by atoms with Crippen LogP contribution in [0.15, 0.2) is 66.7 Å². The Morgan fingerprint density at radius 1 is 1.00 bits per heavy atom. The summed E-state index contributed by atoms with van der Waals surface area (Å²) < 4.78 is 5.73. The van der Waals surface area contributed by atoms with Gasteiger partial charge in [-0.1, -0.05) is 41.4 Å². The number of amides is 1. The molecule has 0 aromatic heterocycles. The molecule has 154 valence electrons. The summed E-state index contributed by atoms with van der Waals surface area (Å²) in [6, 6.07) is 20.6. The molecule has 0 aliphatic carbocycles. The van der Waals surface area contributed by atoms with Crippen molar-refractivity contribution >= 4 is 40.5 Å². The first-order chi connectivity index (χ1) is 14.4. The molecule has 3 aromatic carbocycles. The van der Waals surface area contributed by atoms with Crippen molar-refractivity contribution in [3.05, 3.63) is 87.9 Å². The van der Waals surface area contributed by atoms with Gasteiger partial charge in [0.2, 0.25) is 0 Å². The minimum atomic E-state index is -0.995. The molecule has 1 unspecified atom stereocenters. The Morgan fingerprint density at radius 2 is 1.73 bits per heavy atom. The van der Waals surface area contributed by atoms with Crippen LogP contribution in [0.5, 0.6) is 5.75 Å². The van der Waals surface area contributed by atoms with E-state index in [1.54, 1.807) is 12.1 Å². The Kier molecular flexibility index (Phi) is 5.63. The molecule has 0 spiro atoms. The number of fused-ring (bicyclic) bond motifs is 1. The second-order valence-corrected chi connectivity index (χ2v) is 8.54. The molecule has 4 nitrogen and oxygen atoms in total. The highest BCUT2D eigenvalue weighted by atomic mass is 35.5. The van der Waals surface area contributed by atoms with Crippen LogP contribution in [-0.2, 0) is 16.8 Å². The fraction of sp³-hybridized carbons (Fsp3) is 0.208. The van der Waals surface area contributed by atoms with E-state index in [0.717, 1.165) is 22.6 Å². The maximum absolute atomic E-state index is 13.3. The zero-order chi connectivity index (χ0) is 21.3. The van der Waals surface area contributed by atoms with Crippen molar-refractivity contribution < 1.29 is 9.53 Å². The summed E-state index contributed by atoms with van der Waals surface area (Å²) in [7, 11) is 0. The Hall–Kier alpha value is -2.69. The molecular weight excluding hydrogens is 419 g/mol. The lowest BCUT2D eigenvalue weighted by atomic mass is 9.84. The van der Waals surface area contributed by atoms with Crippen LogP contribution in [0.3, 0.4) is 0 Å². The van der Waals surface area contributed by atoms with Crippen LogP contribution >= 0.6 is 23.2 Å². The predicted octanol–water partition coefficient (Wildman–Crippen LogP) is 6.28. The quantitative estimate of drug-likeness (QED) is 0.473. The van der Waals surface area contributed by atoms with E-state index in [1.165, 1.54) is 0 Å². The smallest absolute Gasteiger partial charge is 0.255 e. The largest absolute Gasteiger partial charge is 0.491 e. The second kappa shape index (κ2) is 8.21. The lowest BCUT2D eigenvalue weighted by Crippen LogP contribution is -2.44. The number of hydrogen-bond donors (Lipinski definition) is 2. The Bertz CT molecular complexity index is 1080. The molecule has 0 saturated carbocycles. The van der Waals surface area contributed by atoms with Crippen LogP contribution in [0.2, 0.25) is 10.0 Å². The van der Waals surface area contributed by atoms with Gasteiger partial charge in [-0.25, -0.2) is 0 Å². The van der Waals surface area contributed by atoms with E-state index < -0.39 is 5.54 Å². The Balaban J connectivity index is 1.74. The van der Waals surface area contributed by atoms with Crippen molar-refractivity contribution in [2.75, 3.05) is 10.6 Å². The third-order valence-corrected chi connectivity index (χ3v) is 5.49. The van der Waals surface area contributed by atoms with E-state index in [4.69, 9.17) is 27.9 Å². The molecule has 3 aromatic rings. The monoisotopic (exact) mass is 440 g/mol. The molecule has 1 aliphatic heterocycles. The van der Waals surface area contributed by atoms with Gasteiger partial charge in [-0.15, -0.1) is 0 Å². The molecule has 0 fully saturated rings. The van der Waals surface area contributed by atoms with Crippen molar-refractivity contribution in [1.82, 2.24) is 0 Å². The Morgan fingerprint density at radius 3 is 2.43 bits per heavy atom. The summed E-state index contributed by atoms with van der Waals surface area (Å²) in [6.45, 7) is 3.97. The van der Waals surface area contributed by atoms with E-state index in [0.29, 0.717) is 22.2 Å². The van der Waals surface area contributed by atoms with E-state index in [9.17, 15) is 4.79 Å². The first-order valence-electron chi connectivity index (χ1n) is 9.76. The van der Waals surface area contributed by atoms with E-state index >= 15 is 0 Å². The highest BCUT2D eigenvalue weighted by Crippen LogP contribution is 2.42. The number of halogens is 2. The first-order valence-corrected chi connectivity index (χ1v) is 10.5. The highest BCUT2D eigenvalue weighted by molar-refractivity contribution is 6.31. The van der Waals surface area contributed by atoms with Gasteiger partial charge in [0.15, 0.2) is 0 Å². The maximum Gasteiger partial charge on any atom is 0.255 e. The summed E-state index contributed by atoms with van der Waals surface area (Å²) in [6.07, 6.45) is 0.522. The van der Waals surface area contributed by atoms with Crippen LogP contribution in [-0.4, -0.2) is 12.0 Å². The summed E-state index contributed by atoms with van der Waals surface area (Å²) in [4.78, 5) is 13.3. The lowest BCUT2D eigenvalue weighted by Gasteiger charge is -2.30. The molecule has 1 amide bonds. The third-order valence-electron chi connectivity index (χ3n) is 5.02. The number of rotatable bonds is 6. The average molecular weight is 441 g/mol. The number of ether oxygens (including phenoxy) is 1. The zero-order valence-electron chi connectivity index (χ0n) is 16.7. The van der Waals surface area contributed by atoms with Crippen molar-refractivity contribution in [3.63, 3.8) is 0 Å². The van der Waals surface area contributed by atoms with Crippen LogP contribution in [0.1, 0.15) is 25.0 Å². The summed E-state index contributed by atoms with van der Waals surface area (Å²) in [5, 5.41) is 7.66. The number of benzene rings is 3. The minimum Gasteiger partial charge on any atom is -0.491 e. The van der Waals surface area contributed by atoms with E-state index in [1.807, 2.05) is 68.4 Å². The molecular formula is C24H22Cl2N2O2. The number of anilines is 2. The fourth-order valence-electron chi connectivity index (χ4n) is 3.78. The molecule has 0 radical (unpaired) electrons. The number of carbonyl (C=O) groups excluding carboxylic acids is 1. The van der Waals surface area contributed by atoms with Gasteiger partial charge in [-0.2, -0.15) is 0 Å². The van der Waals surface area contributed by atoms with Crippen molar-refractivity contribution in [3.8, 4) is 5.75 Å². The van der Waals surface area contributed by atoms with Crippen LogP contribution in [0, 0.1) is 0 Å². The Labute approximate surface area is 186 Å². The molecule has 6 heteroatoms. The number of hydrogen-bond acceptors (Lipinski definition) is 3. The second-order valence-electron chi connectivity index (χ2n) is 7.67. The molecule has 0 saturated heterocycles. The molecule has 2 N–H and O–H groups in total.